The fourth-order valence-corrected chi connectivity index (χ4v) is 4.38. The summed E-state index contributed by atoms with van der Waals surface area (Å²) >= 11 is 1.64. The minimum absolute atomic E-state index is 0.582. The van der Waals surface area contributed by atoms with Gasteiger partial charge in [0, 0.05) is 37.3 Å². The van der Waals surface area contributed by atoms with Crippen LogP contribution >= 0.6 is 11.3 Å². The molecule has 6 nitrogen and oxygen atoms in total. The Bertz CT molecular complexity index is 606. The van der Waals surface area contributed by atoms with Gasteiger partial charge in [0.15, 0.2) is 0 Å². The Balaban J connectivity index is 1.51. The standard InChI is InChI=1S/C14H19N5OS/c1-9-11(10(2)20-17-9)7-18-5-3-13-12(18)4-6-19(13)14-16-15-8-21-14/h8,12-13H,3-7H2,1-2H3/t12-,13+/m1/s1. The first kappa shape index (κ1) is 13.2. The van der Waals surface area contributed by atoms with Gasteiger partial charge in [0.1, 0.15) is 11.3 Å². The van der Waals surface area contributed by atoms with Crippen LogP contribution in [0.2, 0.25) is 0 Å². The van der Waals surface area contributed by atoms with Crippen LogP contribution in [-0.2, 0) is 6.54 Å². The van der Waals surface area contributed by atoms with Gasteiger partial charge in [-0.25, -0.2) is 0 Å². The highest BCUT2D eigenvalue weighted by atomic mass is 32.1. The van der Waals surface area contributed by atoms with Gasteiger partial charge in [-0.2, -0.15) is 0 Å². The zero-order valence-electron chi connectivity index (χ0n) is 12.3. The molecule has 2 aliphatic rings. The van der Waals surface area contributed by atoms with E-state index in [1.165, 1.54) is 18.4 Å². The number of aryl methyl sites for hydroxylation is 2. The van der Waals surface area contributed by atoms with Crippen LogP contribution in [0.25, 0.3) is 0 Å². The molecule has 2 fully saturated rings. The van der Waals surface area contributed by atoms with Crippen molar-refractivity contribution in [3.8, 4) is 0 Å². The Morgan fingerprint density at radius 2 is 2.14 bits per heavy atom. The maximum absolute atomic E-state index is 5.29. The topological polar surface area (TPSA) is 58.3 Å². The molecule has 0 N–H and O–H groups in total. The van der Waals surface area contributed by atoms with E-state index in [2.05, 4.69) is 25.2 Å². The number of hydrogen-bond donors (Lipinski definition) is 0. The monoisotopic (exact) mass is 305 g/mol. The van der Waals surface area contributed by atoms with Crippen LogP contribution < -0.4 is 4.90 Å². The van der Waals surface area contributed by atoms with E-state index in [0.717, 1.165) is 36.2 Å². The molecule has 0 bridgehead atoms. The first-order valence-electron chi connectivity index (χ1n) is 7.42. The summed E-state index contributed by atoms with van der Waals surface area (Å²) in [5.41, 5.74) is 4.10. The average molecular weight is 305 g/mol. The van der Waals surface area contributed by atoms with E-state index >= 15 is 0 Å². The molecule has 2 aromatic heterocycles. The average Bonchev–Trinajstić information content (AvgIpc) is 3.20. The third kappa shape index (κ3) is 2.15. The lowest BCUT2D eigenvalue weighted by Gasteiger charge is -2.25. The van der Waals surface area contributed by atoms with Gasteiger partial charge in [-0.3, -0.25) is 4.90 Å². The summed E-state index contributed by atoms with van der Waals surface area (Å²) in [4.78, 5) is 5.02. The van der Waals surface area contributed by atoms with Crippen LogP contribution in [0.1, 0.15) is 29.9 Å². The van der Waals surface area contributed by atoms with Crippen molar-refractivity contribution in [2.45, 2.75) is 45.3 Å². The molecule has 2 aliphatic heterocycles. The molecule has 21 heavy (non-hydrogen) atoms. The molecule has 0 saturated carbocycles. The van der Waals surface area contributed by atoms with Crippen molar-refractivity contribution in [2.24, 2.45) is 0 Å². The summed E-state index contributed by atoms with van der Waals surface area (Å²) in [6.45, 7) is 7.20. The van der Waals surface area contributed by atoms with Gasteiger partial charge in [0.25, 0.3) is 0 Å². The largest absolute Gasteiger partial charge is 0.361 e. The molecular weight excluding hydrogens is 286 g/mol. The second-order valence-corrected chi connectivity index (χ2v) is 6.71. The van der Waals surface area contributed by atoms with Gasteiger partial charge in [0.05, 0.1) is 5.69 Å². The molecule has 2 saturated heterocycles. The van der Waals surface area contributed by atoms with Crippen LogP contribution in [0, 0.1) is 13.8 Å². The number of rotatable bonds is 3. The molecule has 2 atom stereocenters. The van der Waals surface area contributed by atoms with Gasteiger partial charge in [0.2, 0.25) is 5.13 Å². The summed E-state index contributed by atoms with van der Waals surface area (Å²) in [5.74, 6) is 0.954. The van der Waals surface area contributed by atoms with Crippen molar-refractivity contribution >= 4 is 16.5 Å². The Kier molecular flexibility index (Phi) is 3.19. The number of hydrogen-bond acceptors (Lipinski definition) is 7. The summed E-state index contributed by atoms with van der Waals surface area (Å²) in [5, 5.41) is 13.4. The Labute approximate surface area is 127 Å². The lowest BCUT2D eigenvalue weighted by Crippen LogP contribution is -2.36. The third-order valence-electron chi connectivity index (χ3n) is 4.83. The number of anilines is 1. The quantitative estimate of drug-likeness (QED) is 0.864. The molecule has 0 amide bonds. The fourth-order valence-electron chi connectivity index (χ4n) is 3.73. The molecule has 112 valence electrons. The molecule has 0 radical (unpaired) electrons. The van der Waals surface area contributed by atoms with Gasteiger partial charge in [-0.05, 0) is 26.7 Å². The van der Waals surface area contributed by atoms with Crippen molar-refractivity contribution in [3.05, 3.63) is 22.5 Å². The van der Waals surface area contributed by atoms with Crippen molar-refractivity contribution < 1.29 is 4.52 Å². The second kappa shape index (κ2) is 5.06. The van der Waals surface area contributed by atoms with Crippen molar-refractivity contribution in [1.29, 1.82) is 0 Å². The molecule has 2 aromatic rings. The van der Waals surface area contributed by atoms with Crippen molar-refractivity contribution in [2.75, 3.05) is 18.0 Å². The van der Waals surface area contributed by atoms with E-state index in [1.807, 2.05) is 19.4 Å². The van der Waals surface area contributed by atoms with Crippen LogP contribution in [0.15, 0.2) is 10.0 Å². The predicted octanol–water partition coefficient (Wildman–Crippen LogP) is 2.00. The normalized spacial score (nSPS) is 25.7. The lowest BCUT2D eigenvalue weighted by molar-refractivity contribution is 0.244. The smallest absolute Gasteiger partial charge is 0.208 e. The van der Waals surface area contributed by atoms with E-state index in [-0.39, 0.29) is 0 Å². The third-order valence-corrected chi connectivity index (χ3v) is 5.55. The van der Waals surface area contributed by atoms with Crippen LogP contribution in [-0.4, -0.2) is 45.4 Å². The lowest BCUT2D eigenvalue weighted by atomic mass is 10.1. The molecule has 4 heterocycles. The maximum Gasteiger partial charge on any atom is 0.208 e. The summed E-state index contributed by atoms with van der Waals surface area (Å²) in [7, 11) is 0. The Morgan fingerprint density at radius 1 is 1.29 bits per heavy atom. The van der Waals surface area contributed by atoms with Crippen LogP contribution in [0.5, 0.6) is 0 Å². The van der Waals surface area contributed by atoms with Gasteiger partial charge in [-0.1, -0.05) is 16.5 Å². The molecule has 0 unspecified atom stereocenters. The highest BCUT2D eigenvalue weighted by Gasteiger charge is 2.43. The zero-order valence-corrected chi connectivity index (χ0v) is 13.1. The molecule has 0 aliphatic carbocycles. The highest BCUT2D eigenvalue weighted by Crippen LogP contribution is 2.36. The Morgan fingerprint density at radius 3 is 2.86 bits per heavy atom. The molecule has 7 heteroatoms. The van der Waals surface area contributed by atoms with Gasteiger partial charge >= 0.3 is 0 Å². The first-order valence-corrected chi connectivity index (χ1v) is 8.30. The number of fused-ring (bicyclic) bond motifs is 1. The minimum atomic E-state index is 0.582. The number of nitrogens with zero attached hydrogens (tertiary/aromatic N) is 5. The Hall–Kier alpha value is -1.47. The predicted molar refractivity (Wildman–Crippen MR) is 80.5 cm³/mol. The first-order chi connectivity index (χ1) is 10.2. The SMILES string of the molecule is Cc1noc(C)c1CN1CC[C@H]2[C@H]1CCN2c1nncs1. The molecular formula is C14H19N5OS. The summed E-state index contributed by atoms with van der Waals surface area (Å²) in [6.07, 6.45) is 2.40. The van der Waals surface area contributed by atoms with E-state index in [9.17, 15) is 0 Å². The molecule has 0 aromatic carbocycles. The number of likely N-dealkylation sites (tertiary alicyclic amines) is 1. The van der Waals surface area contributed by atoms with Gasteiger partial charge in [-0.15, -0.1) is 10.2 Å². The van der Waals surface area contributed by atoms with E-state index in [4.69, 9.17) is 4.52 Å². The summed E-state index contributed by atoms with van der Waals surface area (Å²) < 4.78 is 5.29. The van der Waals surface area contributed by atoms with Crippen LogP contribution in [0.4, 0.5) is 5.13 Å². The van der Waals surface area contributed by atoms with Crippen LogP contribution in [0.3, 0.4) is 0 Å². The fraction of sp³-hybridized carbons (Fsp3) is 0.643. The molecule has 0 spiro atoms. The maximum atomic E-state index is 5.29. The van der Waals surface area contributed by atoms with E-state index < -0.39 is 0 Å². The van der Waals surface area contributed by atoms with Crippen molar-refractivity contribution in [1.82, 2.24) is 20.3 Å². The highest BCUT2D eigenvalue weighted by molar-refractivity contribution is 7.13. The summed E-state index contributed by atoms with van der Waals surface area (Å²) in [6, 6.07) is 1.20. The van der Waals surface area contributed by atoms with Crippen molar-refractivity contribution in [3.63, 3.8) is 0 Å². The van der Waals surface area contributed by atoms with E-state index in [0.29, 0.717) is 12.1 Å². The minimum Gasteiger partial charge on any atom is -0.361 e. The number of aromatic nitrogens is 3. The second-order valence-electron chi connectivity index (χ2n) is 5.90. The van der Waals surface area contributed by atoms with E-state index in [1.54, 1.807) is 11.3 Å². The zero-order chi connectivity index (χ0) is 14.4. The molecule has 4 rings (SSSR count). The van der Waals surface area contributed by atoms with Gasteiger partial charge < -0.3 is 9.42 Å².